The average molecular weight is 546 g/mol. The number of rotatable bonds is 11. The average Bonchev–Trinajstić information content (AvgIpc) is 3.38. The quantitative estimate of drug-likeness (QED) is 0.390. The van der Waals surface area contributed by atoms with Crippen LogP contribution >= 0.6 is 0 Å². The van der Waals surface area contributed by atoms with Crippen molar-refractivity contribution in [3.05, 3.63) is 47.8 Å². The summed E-state index contributed by atoms with van der Waals surface area (Å²) >= 11 is 0. The summed E-state index contributed by atoms with van der Waals surface area (Å²) in [6.07, 6.45) is -1.38. The fraction of sp³-hybridized carbons (Fsp3) is 0.440. The number of hydrogen-bond acceptors (Lipinski definition) is 10. The van der Waals surface area contributed by atoms with Crippen LogP contribution in [0.15, 0.2) is 36.4 Å². The number of carbonyl (C=O) groups is 5. The molecule has 1 aromatic heterocycles. The highest BCUT2D eigenvalue weighted by Crippen LogP contribution is 2.15. The second kappa shape index (κ2) is 13.9. The molecule has 0 saturated carbocycles. The second-order valence-corrected chi connectivity index (χ2v) is 8.37. The summed E-state index contributed by atoms with van der Waals surface area (Å²) in [5.74, 6) is -3.07. The zero-order valence-corrected chi connectivity index (χ0v) is 21.7. The van der Waals surface area contributed by atoms with Gasteiger partial charge in [-0.1, -0.05) is 18.2 Å². The van der Waals surface area contributed by atoms with Gasteiger partial charge in [0, 0.05) is 25.6 Å². The molecule has 210 valence electrons. The second-order valence-electron chi connectivity index (χ2n) is 8.37. The summed E-state index contributed by atoms with van der Waals surface area (Å²) in [5, 5.41) is 17.4. The first kappa shape index (κ1) is 29.1. The van der Waals surface area contributed by atoms with Gasteiger partial charge in [0.15, 0.2) is 11.4 Å². The number of amides is 2. The topological polar surface area (TPSA) is 170 Å². The van der Waals surface area contributed by atoms with E-state index in [1.54, 1.807) is 44.2 Å². The largest absolute Gasteiger partial charge is 0.527 e. The van der Waals surface area contributed by atoms with Crippen LogP contribution in [0.1, 0.15) is 47.7 Å². The fourth-order valence-electron chi connectivity index (χ4n) is 3.84. The third-order valence-corrected chi connectivity index (χ3v) is 5.69. The monoisotopic (exact) mass is 545 g/mol. The van der Waals surface area contributed by atoms with Crippen LogP contribution in [0.2, 0.25) is 0 Å². The number of aromatic nitrogens is 2. The number of carboxylic acids is 1. The zero-order valence-electron chi connectivity index (χ0n) is 21.7. The van der Waals surface area contributed by atoms with Gasteiger partial charge < -0.3 is 29.6 Å². The lowest BCUT2D eigenvalue weighted by Gasteiger charge is -2.35. The van der Waals surface area contributed by atoms with Crippen LogP contribution in [-0.2, 0) is 23.9 Å². The summed E-state index contributed by atoms with van der Waals surface area (Å²) in [7, 11) is 0. The highest BCUT2D eigenvalue weighted by Gasteiger charge is 2.31. The molecule has 2 aromatic rings. The van der Waals surface area contributed by atoms with E-state index in [9.17, 15) is 29.1 Å². The molecule has 1 aromatic carbocycles. The van der Waals surface area contributed by atoms with Crippen LogP contribution < -0.4 is 5.32 Å². The lowest BCUT2D eigenvalue weighted by atomic mass is 10.1. The van der Waals surface area contributed by atoms with Crippen molar-refractivity contribution >= 4 is 29.9 Å². The number of para-hydroxylation sites is 1. The van der Waals surface area contributed by atoms with E-state index in [2.05, 4.69) is 10.4 Å². The van der Waals surface area contributed by atoms with Gasteiger partial charge in [0.05, 0.1) is 32.0 Å². The number of nitrogens with one attached hydrogen (secondary N) is 1. The Morgan fingerprint density at radius 3 is 2.28 bits per heavy atom. The summed E-state index contributed by atoms with van der Waals surface area (Å²) in [6.45, 7) is 4.32. The molecule has 1 saturated heterocycles. The molecule has 0 unspecified atom stereocenters. The molecule has 2 amide bonds. The first-order valence-electron chi connectivity index (χ1n) is 12.5. The molecule has 39 heavy (non-hydrogen) atoms. The van der Waals surface area contributed by atoms with E-state index in [0.29, 0.717) is 5.69 Å². The van der Waals surface area contributed by atoms with Crippen molar-refractivity contribution in [2.75, 3.05) is 39.4 Å². The number of hydrogen-bond donors (Lipinski definition) is 2. The van der Waals surface area contributed by atoms with Crippen LogP contribution in [0.5, 0.6) is 0 Å². The Morgan fingerprint density at radius 2 is 1.67 bits per heavy atom. The maximum absolute atomic E-state index is 13.3. The minimum atomic E-state index is -1.17. The molecule has 3 rings (SSSR count). The Balaban J connectivity index is 1.75. The molecule has 1 aliphatic rings. The highest BCUT2D eigenvalue weighted by atomic mass is 16.8. The summed E-state index contributed by atoms with van der Waals surface area (Å²) in [4.78, 5) is 68.2. The van der Waals surface area contributed by atoms with Gasteiger partial charge in [0.2, 0.25) is 5.91 Å². The molecule has 14 nitrogen and oxygen atoms in total. The van der Waals surface area contributed by atoms with Gasteiger partial charge in [-0.2, -0.15) is 5.10 Å². The fourth-order valence-corrected chi connectivity index (χ4v) is 3.84. The van der Waals surface area contributed by atoms with Gasteiger partial charge in [-0.05, 0) is 32.4 Å². The molecule has 1 atom stereocenters. The molecule has 0 spiro atoms. The molecule has 0 radical (unpaired) electrons. The van der Waals surface area contributed by atoms with Crippen molar-refractivity contribution in [2.45, 2.75) is 32.7 Å². The van der Waals surface area contributed by atoms with E-state index >= 15 is 0 Å². The van der Waals surface area contributed by atoms with Crippen molar-refractivity contribution in [1.29, 1.82) is 0 Å². The number of ether oxygens (including phenoxy) is 2. The van der Waals surface area contributed by atoms with Crippen LogP contribution in [0.25, 0.3) is 5.69 Å². The maximum Gasteiger partial charge on any atom is 0.527 e. The number of aliphatic carboxylic acids is 1. The maximum atomic E-state index is 13.3. The summed E-state index contributed by atoms with van der Waals surface area (Å²) < 4.78 is 11.1. The summed E-state index contributed by atoms with van der Waals surface area (Å²) in [5.41, 5.74) is 0.378. The normalized spacial score (nSPS) is 14.3. The third-order valence-electron chi connectivity index (χ3n) is 5.69. The van der Waals surface area contributed by atoms with Crippen LogP contribution in [0, 0.1) is 0 Å². The molecule has 14 heteroatoms. The minimum Gasteiger partial charge on any atom is -0.481 e. The lowest BCUT2D eigenvalue weighted by Crippen LogP contribution is -2.55. The van der Waals surface area contributed by atoms with Crippen molar-refractivity contribution < 1.29 is 43.4 Å². The van der Waals surface area contributed by atoms with Gasteiger partial charge in [-0.25, -0.2) is 14.3 Å². The van der Waals surface area contributed by atoms with Gasteiger partial charge in [-0.3, -0.25) is 14.4 Å². The first-order chi connectivity index (χ1) is 18.7. The number of carbonyl (C=O) groups excluding carboxylic acids is 4. The Morgan fingerprint density at radius 1 is 1.00 bits per heavy atom. The smallest absolute Gasteiger partial charge is 0.481 e. The third kappa shape index (κ3) is 8.01. The Labute approximate surface area is 224 Å². The number of piperazine rings is 1. The number of esters is 1. The molecule has 0 aliphatic carbocycles. The molecule has 2 heterocycles. The number of benzene rings is 1. The minimum absolute atomic E-state index is 0.0133. The van der Waals surface area contributed by atoms with Crippen molar-refractivity contribution in [2.24, 2.45) is 0 Å². The van der Waals surface area contributed by atoms with E-state index in [1.807, 2.05) is 0 Å². The van der Waals surface area contributed by atoms with E-state index in [4.69, 9.17) is 14.3 Å². The molecular weight excluding hydrogens is 514 g/mol. The molecular formula is C25H31N5O9. The van der Waals surface area contributed by atoms with E-state index in [-0.39, 0.29) is 63.6 Å². The zero-order chi connectivity index (χ0) is 28.4. The number of nitrogens with zero attached hydrogens (tertiary/aromatic N) is 4. The number of hydroxylamine groups is 2. The lowest BCUT2D eigenvalue weighted by molar-refractivity contribution is -0.157. The van der Waals surface area contributed by atoms with E-state index in [0.717, 1.165) is 0 Å². The molecule has 2 N–H and O–H groups in total. The molecule has 0 bridgehead atoms. The first-order valence-corrected chi connectivity index (χ1v) is 12.5. The van der Waals surface area contributed by atoms with Gasteiger partial charge in [0.1, 0.15) is 6.04 Å². The van der Waals surface area contributed by atoms with Gasteiger partial charge >= 0.3 is 18.1 Å². The van der Waals surface area contributed by atoms with Crippen molar-refractivity contribution in [1.82, 2.24) is 25.1 Å². The predicted octanol–water partition coefficient (Wildman–Crippen LogP) is 1.24. The van der Waals surface area contributed by atoms with E-state index < -0.39 is 36.0 Å². The molecule has 1 aliphatic heterocycles. The van der Waals surface area contributed by atoms with Gasteiger partial charge in [-0.15, -0.1) is 5.06 Å². The van der Waals surface area contributed by atoms with Crippen LogP contribution in [-0.4, -0.2) is 100 Å². The molecule has 1 fully saturated rings. The van der Waals surface area contributed by atoms with E-state index in [1.165, 1.54) is 20.7 Å². The van der Waals surface area contributed by atoms with Crippen molar-refractivity contribution in [3.8, 4) is 5.69 Å². The Kier molecular flexibility index (Phi) is 10.4. The Bertz CT molecular complexity index is 1180. The van der Waals surface area contributed by atoms with Crippen LogP contribution in [0.4, 0.5) is 4.79 Å². The SMILES string of the molecule is CCOC(=O)ON1CCN(C(=O)[C@H](CCC(=O)O)NC(=O)c2cc(C(=O)OCC)n(-c3ccccc3)n2)CC1. The Hall–Kier alpha value is -4.46. The summed E-state index contributed by atoms with van der Waals surface area (Å²) in [6, 6.07) is 8.74. The standard InChI is InChI=1S/C25H31N5O9/c1-3-37-24(35)20-16-19(27-30(20)17-8-6-5-7-9-17)22(33)26-18(10-11-21(31)32)23(34)28-12-14-29(15-13-28)39-25(36)38-4-2/h5-9,16,18H,3-4,10-15H2,1-2H3,(H,26,33)(H,31,32)/t18-/m0/s1. The predicted molar refractivity (Wildman–Crippen MR) is 134 cm³/mol. The number of carboxylic acid groups (broad SMARTS) is 1. The van der Waals surface area contributed by atoms with Crippen LogP contribution in [0.3, 0.4) is 0 Å². The van der Waals surface area contributed by atoms with Crippen molar-refractivity contribution in [3.63, 3.8) is 0 Å². The highest BCUT2D eigenvalue weighted by molar-refractivity contribution is 5.98. The van der Waals surface area contributed by atoms with Gasteiger partial charge in [0.25, 0.3) is 5.91 Å².